The lowest BCUT2D eigenvalue weighted by Crippen LogP contribution is -2.48. The maximum absolute atomic E-state index is 12.9. The first-order valence-electron chi connectivity index (χ1n) is 15.3. The smallest absolute Gasteiger partial charge is 0.407 e. The maximum atomic E-state index is 12.9. The van der Waals surface area contributed by atoms with Crippen molar-refractivity contribution in [1.29, 1.82) is 0 Å². The van der Waals surface area contributed by atoms with Gasteiger partial charge in [-0.3, -0.25) is 0 Å². The lowest BCUT2D eigenvalue weighted by Gasteiger charge is -2.39. The van der Waals surface area contributed by atoms with Crippen LogP contribution in [0.1, 0.15) is 56.2 Å². The summed E-state index contributed by atoms with van der Waals surface area (Å²) >= 11 is 0. The zero-order chi connectivity index (χ0) is 32.6. The molecular formula is C35H44N2O7Si. The van der Waals surface area contributed by atoms with Crippen LogP contribution in [0.25, 0.3) is 11.1 Å². The Bertz CT molecular complexity index is 1430. The van der Waals surface area contributed by atoms with Crippen molar-refractivity contribution >= 4 is 26.5 Å². The number of carboxylic acid groups (broad SMARTS) is 1. The standard InChI is InChI=1S/C35H44N2O7Si/c1-35(2,3)45(4,5)44-25(21-36-33(40)42-22-24-13-7-6-8-14-24)19-20-31(32(38)39)37-34(41)43-23-30-28-17-11-9-15-26(28)27-16-10-12-18-29(27)30/h6-18,25,30-31H,19-23H2,1-5H3,(H,36,40)(H,37,41)(H,38,39)/t25-,31+/m1/s1. The molecule has 1 aliphatic carbocycles. The average molecular weight is 633 g/mol. The number of aliphatic carboxylic acids is 1. The van der Waals surface area contributed by atoms with E-state index in [4.69, 9.17) is 13.9 Å². The van der Waals surface area contributed by atoms with Crippen molar-refractivity contribution in [2.45, 2.75) is 76.4 Å². The molecule has 1 aliphatic rings. The second-order valence-corrected chi connectivity index (χ2v) is 17.6. The average Bonchev–Trinajstić information content (AvgIpc) is 3.32. The minimum absolute atomic E-state index is 0.0817. The van der Waals surface area contributed by atoms with E-state index < -0.39 is 38.6 Å². The summed E-state index contributed by atoms with van der Waals surface area (Å²) in [6, 6.07) is 24.2. The molecule has 45 heavy (non-hydrogen) atoms. The van der Waals surface area contributed by atoms with Crippen molar-refractivity contribution in [3.8, 4) is 11.1 Å². The van der Waals surface area contributed by atoms with Crippen molar-refractivity contribution in [2.75, 3.05) is 13.2 Å². The molecule has 3 N–H and O–H groups in total. The van der Waals surface area contributed by atoms with Gasteiger partial charge in [-0.2, -0.15) is 0 Å². The Morgan fingerprint density at radius 1 is 0.822 bits per heavy atom. The molecule has 240 valence electrons. The van der Waals surface area contributed by atoms with Crippen LogP contribution in [-0.2, 0) is 25.3 Å². The van der Waals surface area contributed by atoms with Gasteiger partial charge in [0.25, 0.3) is 0 Å². The molecule has 0 fully saturated rings. The third-order valence-electron chi connectivity index (χ3n) is 8.67. The number of hydrogen-bond acceptors (Lipinski definition) is 6. The zero-order valence-corrected chi connectivity index (χ0v) is 27.7. The van der Waals surface area contributed by atoms with E-state index in [1.807, 2.05) is 66.7 Å². The van der Waals surface area contributed by atoms with Gasteiger partial charge in [0.15, 0.2) is 8.32 Å². The summed E-state index contributed by atoms with van der Waals surface area (Å²) in [5.74, 6) is -1.31. The fourth-order valence-electron chi connectivity index (χ4n) is 5.16. The molecule has 0 bridgehead atoms. The predicted octanol–water partition coefficient (Wildman–Crippen LogP) is 7.08. The van der Waals surface area contributed by atoms with Crippen LogP contribution in [0.2, 0.25) is 18.1 Å². The first-order chi connectivity index (χ1) is 21.4. The van der Waals surface area contributed by atoms with Gasteiger partial charge in [-0.05, 0) is 58.8 Å². The minimum atomic E-state index is -2.28. The lowest BCUT2D eigenvalue weighted by molar-refractivity contribution is -0.139. The number of amides is 2. The number of hydrogen-bond donors (Lipinski definition) is 3. The van der Waals surface area contributed by atoms with Crippen molar-refractivity contribution in [3.63, 3.8) is 0 Å². The van der Waals surface area contributed by atoms with Crippen LogP contribution in [0.5, 0.6) is 0 Å². The highest BCUT2D eigenvalue weighted by atomic mass is 28.4. The van der Waals surface area contributed by atoms with Gasteiger partial charge in [0.05, 0.1) is 6.10 Å². The number of carbonyl (C=O) groups excluding carboxylic acids is 2. The highest BCUT2D eigenvalue weighted by Crippen LogP contribution is 2.44. The van der Waals surface area contributed by atoms with Crippen LogP contribution < -0.4 is 10.6 Å². The van der Waals surface area contributed by atoms with Crippen LogP contribution >= 0.6 is 0 Å². The maximum Gasteiger partial charge on any atom is 0.407 e. The Morgan fingerprint density at radius 2 is 1.40 bits per heavy atom. The Labute approximate surface area is 266 Å². The van der Waals surface area contributed by atoms with Gasteiger partial charge >= 0.3 is 18.2 Å². The summed E-state index contributed by atoms with van der Waals surface area (Å²) in [6.45, 7) is 10.9. The highest BCUT2D eigenvalue weighted by molar-refractivity contribution is 6.74. The summed E-state index contributed by atoms with van der Waals surface area (Å²) in [5.41, 5.74) is 5.22. The van der Waals surface area contributed by atoms with Gasteiger partial charge in [0, 0.05) is 12.5 Å². The molecule has 3 aromatic carbocycles. The van der Waals surface area contributed by atoms with Crippen LogP contribution in [0.15, 0.2) is 78.9 Å². The van der Waals surface area contributed by atoms with Crippen LogP contribution in [0, 0.1) is 0 Å². The third kappa shape index (κ3) is 8.95. The topological polar surface area (TPSA) is 123 Å². The second-order valence-electron chi connectivity index (χ2n) is 12.9. The fourth-order valence-corrected chi connectivity index (χ4v) is 6.55. The van der Waals surface area contributed by atoms with Crippen LogP contribution in [-0.4, -0.2) is 56.9 Å². The molecule has 0 radical (unpaired) electrons. The van der Waals surface area contributed by atoms with E-state index in [0.29, 0.717) is 0 Å². The predicted molar refractivity (Wildman–Crippen MR) is 176 cm³/mol. The Morgan fingerprint density at radius 3 is 1.98 bits per heavy atom. The number of ether oxygens (including phenoxy) is 2. The molecule has 0 aliphatic heterocycles. The normalized spacial score (nSPS) is 14.1. The van der Waals surface area contributed by atoms with Gasteiger partial charge in [0.2, 0.25) is 0 Å². The summed E-state index contributed by atoms with van der Waals surface area (Å²) in [7, 11) is -2.28. The van der Waals surface area contributed by atoms with Gasteiger partial charge in [-0.25, -0.2) is 14.4 Å². The van der Waals surface area contributed by atoms with E-state index in [9.17, 15) is 19.5 Å². The Hall–Kier alpha value is -4.15. The quantitative estimate of drug-likeness (QED) is 0.172. The van der Waals surface area contributed by atoms with Crippen molar-refractivity contribution in [2.24, 2.45) is 0 Å². The van der Waals surface area contributed by atoms with Gasteiger partial charge in [-0.1, -0.05) is 99.6 Å². The van der Waals surface area contributed by atoms with Gasteiger partial charge < -0.3 is 29.6 Å². The molecule has 3 aromatic rings. The number of benzene rings is 3. The Balaban J connectivity index is 1.34. The molecule has 2 atom stereocenters. The van der Waals surface area contributed by atoms with E-state index in [1.165, 1.54) is 0 Å². The van der Waals surface area contributed by atoms with Gasteiger partial charge in [0.1, 0.15) is 19.3 Å². The number of nitrogens with one attached hydrogen (secondary N) is 2. The Kier molecular flexibility index (Phi) is 11.1. The minimum Gasteiger partial charge on any atom is -0.480 e. The molecule has 9 nitrogen and oxygen atoms in total. The van der Waals surface area contributed by atoms with Gasteiger partial charge in [-0.15, -0.1) is 0 Å². The number of alkyl carbamates (subject to hydrolysis) is 2. The lowest BCUT2D eigenvalue weighted by atomic mass is 9.98. The van der Waals surface area contributed by atoms with E-state index in [0.717, 1.165) is 27.8 Å². The van der Waals surface area contributed by atoms with Crippen molar-refractivity contribution in [3.05, 3.63) is 95.6 Å². The third-order valence-corrected chi connectivity index (χ3v) is 13.2. The van der Waals surface area contributed by atoms with Crippen molar-refractivity contribution < 1.29 is 33.4 Å². The SMILES string of the molecule is CC(C)(C)[Si](C)(C)O[C@H](CC[C@H](NC(=O)OCC1c2ccccc2-c2ccccc21)C(=O)O)CNC(=O)OCc1ccccc1. The van der Waals surface area contributed by atoms with E-state index in [2.05, 4.69) is 56.6 Å². The molecule has 0 unspecified atom stereocenters. The summed E-state index contributed by atoms with van der Waals surface area (Å²) in [6.07, 6.45) is -1.50. The number of fused-ring (bicyclic) bond motifs is 3. The molecule has 0 heterocycles. The van der Waals surface area contributed by atoms with Crippen LogP contribution in [0.4, 0.5) is 9.59 Å². The summed E-state index contributed by atoms with van der Waals surface area (Å²) in [4.78, 5) is 37.5. The number of carbonyl (C=O) groups is 3. The molecular weight excluding hydrogens is 588 g/mol. The highest BCUT2D eigenvalue weighted by Gasteiger charge is 2.39. The van der Waals surface area contributed by atoms with Crippen LogP contribution in [0.3, 0.4) is 0 Å². The first-order valence-corrected chi connectivity index (χ1v) is 18.2. The monoisotopic (exact) mass is 632 g/mol. The van der Waals surface area contributed by atoms with Crippen molar-refractivity contribution in [1.82, 2.24) is 10.6 Å². The molecule has 10 heteroatoms. The molecule has 0 saturated carbocycles. The van der Waals surface area contributed by atoms with E-state index in [1.54, 1.807) is 0 Å². The zero-order valence-electron chi connectivity index (χ0n) is 26.7. The molecule has 2 amide bonds. The fraction of sp³-hybridized carbons (Fsp3) is 0.400. The van der Waals surface area contributed by atoms with E-state index in [-0.39, 0.29) is 43.6 Å². The first kappa shape index (κ1) is 33.7. The number of rotatable bonds is 13. The second kappa shape index (κ2) is 14.8. The molecule has 0 saturated heterocycles. The summed E-state index contributed by atoms with van der Waals surface area (Å²) < 4.78 is 17.5. The molecule has 0 aromatic heterocycles. The molecule has 4 rings (SSSR count). The number of carboxylic acids is 1. The summed E-state index contributed by atoms with van der Waals surface area (Å²) in [5, 5.41) is 15.1. The largest absolute Gasteiger partial charge is 0.480 e. The van der Waals surface area contributed by atoms with E-state index >= 15 is 0 Å². The molecule has 0 spiro atoms.